The van der Waals surface area contributed by atoms with Crippen LogP contribution < -0.4 is 9.47 Å². The van der Waals surface area contributed by atoms with Crippen LogP contribution in [0.4, 0.5) is 0 Å². The molecule has 112 valence electrons. The van der Waals surface area contributed by atoms with Gasteiger partial charge in [0.25, 0.3) is 0 Å². The lowest BCUT2D eigenvalue weighted by Crippen LogP contribution is -2.22. The quantitative estimate of drug-likeness (QED) is 0.773. The summed E-state index contributed by atoms with van der Waals surface area (Å²) in [5, 5.41) is 9.19. The highest BCUT2D eigenvalue weighted by Crippen LogP contribution is 2.36. The van der Waals surface area contributed by atoms with Crippen molar-refractivity contribution in [3.8, 4) is 11.5 Å². The highest BCUT2D eigenvalue weighted by molar-refractivity contribution is 9.10. The number of rotatable bonds is 7. The molecule has 0 aliphatic carbocycles. The molecule has 4 nitrogen and oxygen atoms in total. The Balaban J connectivity index is 1.87. The lowest BCUT2D eigenvalue weighted by atomic mass is 10.2. The van der Waals surface area contributed by atoms with Crippen molar-refractivity contribution < 1.29 is 14.6 Å². The summed E-state index contributed by atoms with van der Waals surface area (Å²) in [4.78, 5) is 2.48. The van der Waals surface area contributed by atoms with E-state index in [0.29, 0.717) is 18.1 Å². The Hall–Kier alpha value is -0.780. The van der Waals surface area contributed by atoms with Crippen molar-refractivity contribution in [2.24, 2.45) is 0 Å². The van der Waals surface area contributed by atoms with E-state index in [1.54, 1.807) is 13.2 Å². The molecule has 0 radical (unpaired) electrons. The number of aliphatic hydroxyl groups excluding tert-OH is 1. The van der Waals surface area contributed by atoms with Gasteiger partial charge in [0.1, 0.15) is 0 Å². The maximum Gasteiger partial charge on any atom is 0.175 e. The number of likely N-dealkylation sites (tertiary alicyclic amines) is 1. The van der Waals surface area contributed by atoms with Gasteiger partial charge in [-0.1, -0.05) is 0 Å². The zero-order valence-electron chi connectivity index (χ0n) is 11.9. The third-order valence-electron chi connectivity index (χ3n) is 3.54. The van der Waals surface area contributed by atoms with Crippen LogP contribution in [-0.2, 0) is 6.61 Å². The average Bonchev–Trinajstić information content (AvgIpc) is 2.97. The molecule has 1 aliphatic heterocycles. The normalized spacial score (nSPS) is 15.6. The number of ether oxygens (including phenoxy) is 2. The third-order valence-corrected chi connectivity index (χ3v) is 4.12. The van der Waals surface area contributed by atoms with Gasteiger partial charge in [-0.25, -0.2) is 0 Å². The highest BCUT2D eigenvalue weighted by atomic mass is 79.9. The van der Waals surface area contributed by atoms with Gasteiger partial charge in [0.2, 0.25) is 0 Å². The van der Waals surface area contributed by atoms with Crippen LogP contribution in [-0.4, -0.2) is 43.4 Å². The smallest absolute Gasteiger partial charge is 0.175 e. The molecule has 0 saturated carbocycles. The summed E-state index contributed by atoms with van der Waals surface area (Å²) in [6.07, 6.45) is 3.66. The summed E-state index contributed by atoms with van der Waals surface area (Å²) >= 11 is 3.47. The molecule has 1 aromatic rings. The van der Waals surface area contributed by atoms with Gasteiger partial charge in [-0.2, -0.15) is 0 Å². The first kappa shape index (κ1) is 15.6. The van der Waals surface area contributed by atoms with Gasteiger partial charge in [0, 0.05) is 6.54 Å². The summed E-state index contributed by atoms with van der Waals surface area (Å²) in [5.41, 5.74) is 0.804. The van der Waals surface area contributed by atoms with E-state index < -0.39 is 0 Å². The van der Waals surface area contributed by atoms with Crippen molar-refractivity contribution in [2.45, 2.75) is 25.9 Å². The largest absolute Gasteiger partial charge is 0.493 e. The summed E-state index contributed by atoms with van der Waals surface area (Å²) in [6, 6.07) is 3.67. The number of hydrogen-bond donors (Lipinski definition) is 1. The Morgan fingerprint density at radius 3 is 2.70 bits per heavy atom. The van der Waals surface area contributed by atoms with Gasteiger partial charge < -0.3 is 19.5 Å². The maximum absolute atomic E-state index is 9.19. The molecule has 2 rings (SSSR count). The predicted molar refractivity (Wildman–Crippen MR) is 82.4 cm³/mol. The Morgan fingerprint density at radius 1 is 1.30 bits per heavy atom. The second-order valence-electron chi connectivity index (χ2n) is 5.02. The Kier molecular flexibility index (Phi) is 6.13. The minimum Gasteiger partial charge on any atom is -0.493 e. The van der Waals surface area contributed by atoms with Gasteiger partial charge >= 0.3 is 0 Å². The second-order valence-corrected chi connectivity index (χ2v) is 5.87. The molecule has 0 aromatic heterocycles. The topological polar surface area (TPSA) is 41.9 Å². The number of halogens is 1. The van der Waals surface area contributed by atoms with Crippen molar-refractivity contribution in [3.05, 3.63) is 22.2 Å². The number of benzene rings is 1. The van der Waals surface area contributed by atoms with Crippen LogP contribution in [0.5, 0.6) is 11.5 Å². The fourth-order valence-electron chi connectivity index (χ4n) is 2.47. The minimum atomic E-state index is -0.00972. The van der Waals surface area contributed by atoms with Crippen LogP contribution in [0.15, 0.2) is 16.6 Å². The van der Waals surface area contributed by atoms with Crippen LogP contribution in [0.2, 0.25) is 0 Å². The number of hydrogen-bond acceptors (Lipinski definition) is 4. The summed E-state index contributed by atoms with van der Waals surface area (Å²) in [6.45, 7) is 4.19. The molecule has 20 heavy (non-hydrogen) atoms. The van der Waals surface area contributed by atoms with Gasteiger partial charge in [0.15, 0.2) is 11.5 Å². The Bertz CT molecular complexity index is 433. The molecule has 1 N–H and O–H groups in total. The van der Waals surface area contributed by atoms with E-state index in [-0.39, 0.29) is 6.61 Å². The second kappa shape index (κ2) is 7.86. The van der Waals surface area contributed by atoms with Crippen LogP contribution in [0.1, 0.15) is 24.8 Å². The molecular weight excluding hydrogens is 322 g/mol. The SMILES string of the molecule is COc1cc(CO)cc(Br)c1OCCCN1CCCC1. The molecule has 1 saturated heterocycles. The van der Waals surface area contributed by atoms with Gasteiger partial charge in [-0.3, -0.25) is 0 Å². The molecule has 0 amide bonds. The molecule has 0 unspecified atom stereocenters. The lowest BCUT2D eigenvalue weighted by molar-refractivity contribution is 0.251. The number of nitrogens with zero attached hydrogens (tertiary/aromatic N) is 1. The van der Waals surface area contributed by atoms with E-state index in [0.717, 1.165) is 23.0 Å². The van der Waals surface area contributed by atoms with Gasteiger partial charge in [-0.15, -0.1) is 0 Å². The van der Waals surface area contributed by atoms with E-state index in [1.165, 1.54) is 25.9 Å². The first-order valence-electron chi connectivity index (χ1n) is 7.07. The Labute approximate surface area is 128 Å². The molecule has 1 heterocycles. The summed E-state index contributed by atoms with van der Waals surface area (Å²) in [7, 11) is 1.61. The molecule has 5 heteroatoms. The standard InChI is InChI=1S/C15H22BrNO3/c1-19-14-10-12(11-18)9-13(16)15(14)20-8-4-7-17-5-2-3-6-17/h9-10,18H,2-8,11H2,1H3. The van der Waals surface area contributed by atoms with Crippen molar-refractivity contribution in [2.75, 3.05) is 33.4 Å². The first-order chi connectivity index (χ1) is 9.74. The number of methoxy groups -OCH3 is 1. The average molecular weight is 344 g/mol. The van der Waals surface area contributed by atoms with Gasteiger partial charge in [0.05, 0.1) is 24.8 Å². The van der Waals surface area contributed by atoms with Crippen molar-refractivity contribution >= 4 is 15.9 Å². The molecule has 1 aliphatic rings. The van der Waals surface area contributed by atoms with Crippen LogP contribution in [0, 0.1) is 0 Å². The maximum atomic E-state index is 9.19. The van der Waals surface area contributed by atoms with Crippen molar-refractivity contribution in [1.82, 2.24) is 4.90 Å². The van der Waals surface area contributed by atoms with Crippen LogP contribution >= 0.6 is 15.9 Å². The fourth-order valence-corrected chi connectivity index (χ4v) is 3.08. The Morgan fingerprint density at radius 2 is 2.05 bits per heavy atom. The summed E-state index contributed by atoms with van der Waals surface area (Å²) in [5.74, 6) is 1.37. The first-order valence-corrected chi connectivity index (χ1v) is 7.86. The van der Waals surface area contributed by atoms with E-state index in [4.69, 9.17) is 9.47 Å². The van der Waals surface area contributed by atoms with E-state index in [2.05, 4.69) is 20.8 Å². The number of aliphatic hydroxyl groups is 1. The molecule has 1 aromatic carbocycles. The molecule has 1 fully saturated rings. The lowest BCUT2D eigenvalue weighted by Gasteiger charge is -2.16. The van der Waals surface area contributed by atoms with Crippen LogP contribution in [0.3, 0.4) is 0 Å². The zero-order chi connectivity index (χ0) is 14.4. The monoisotopic (exact) mass is 343 g/mol. The van der Waals surface area contributed by atoms with Gasteiger partial charge in [-0.05, 0) is 66.0 Å². The molecular formula is C15H22BrNO3. The van der Waals surface area contributed by atoms with E-state index in [1.807, 2.05) is 6.07 Å². The zero-order valence-corrected chi connectivity index (χ0v) is 13.5. The van der Waals surface area contributed by atoms with E-state index >= 15 is 0 Å². The highest BCUT2D eigenvalue weighted by Gasteiger charge is 2.13. The van der Waals surface area contributed by atoms with Crippen molar-refractivity contribution in [3.63, 3.8) is 0 Å². The van der Waals surface area contributed by atoms with Crippen LogP contribution in [0.25, 0.3) is 0 Å². The fraction of sp³-hybridized carbons (Fsp3) is 0.600. The minimum absolute atomic E-state index is 0.00972. The predicted octanol–water partition coefficient (Wildman–Crippen LogP) is 2.81. The van der Waals surface area contributed by atoms with E-state index in [9.17, 15) is 5.11 Å². The summed E-state index contributed by atoms with van der Waals surface area (Å²) < 4.78 is 12.0. The molecule has 0 spiro atoms. The molecule has 0 bridgehead atoms. The third kappa shape index (κ3) is 4.11. The van der Waals surface area contributed by atoms with Crippen molar-refractivity contribution in [1.29, 1.82) is 0 Å². The molecule has 0 atom stereocenters.